The summed E-state index contributed by atoms with van der Waals surface area (Å²) >= 11 is 0. The normalized spacial score (nSPS) is 12.0. The predicted molar refractivity (Wildman–Crippen MR) is 80.7 cm³/mol. The Kier molecular flexibility index (Phi) is 5.14. The second kappa shape index (κ2) is 7.06. The molecule has 0 aliphatic carbocycles. The van der Waals surface area contributed by atoms with Crippen LogP contribution in [0.15, 0.2) is 36.5 Å². The fourth-order valence-electron chi connectivity index (χ4n) is 1.88. The minimum absolute atomic E-state index is 0.0362. The van der Waals surface area contributed by atoms with Crippen molar-refractivity contribution in [2.75, 3.05) is 14.2 Å². The molecule has 0 fully saturated rings. The third-order valence-electron chi connectivity index (χ3n) is 3.32. The van der Waals surface area contributed by atoms with Crippen LogP contribution in [-0.2, 0) is 6.61 Å². The van der Waals surface area contributed by atoms with Crippen LogP contribution >= 0.6 is 0 Å². The second-order valence-electron chi connectivity index (χ2n) is 4.69. The Balaban J connectivity index is 2.18. The minimum Gasteiger partial charge on any atom is -0.493 e. The molecule has 1 aromatic heterocycles. The zero-order valence-electron chi connectivity index (χ0n) is 12.5. The van der Waals surface area contributed by atoms with Crippen molar-refractivity contribution in [3.63, 3.8) is 0 Å². The number of rotatable bonds is 6. The zero-order chi connectivity index (χ0) is 15.2. The van der Waals surface area contributed by atoms with Gasteiger partial charge in [0.05, 0.1) is 13.7 Å². The number of pyridine rings is 1. The Morgan fingerprint density at radius 2 is 2.05 bits per heavy atom. The van der Waals surface area contributed by atoms with Gasteiger partial charge in [0.2, 0.25) is 5.88 Å². The summed E-state index contributed by atoms with van der Waals surface area (Å²) in [4.78, 5) is 4.29. The van der Waals surface area contributed by atoms with Crippen LogP contribution < -0.4 is 14.8 Å². The van der Waals surface area contributed by atoms with Gasteiger partial charge in [-0.05, 0) is 37.2 Å². The molecule has 112 valence electrons. The van der Waals surface area contributed by atoms with Gasteiger partial charge in [0.1, 0.15) is 0 Å². The molecule has 0 radical (unpaired) electrons. The molecule has 0 spiro atoms. The van der Waals surface area contributed by atoms with Crippen molar-refractivity contribution < 1.29 is 14.6 Å². The van der Waals surface area contributed by atoms with Crippen molar-refractivity contribution in [3.05, 3.63) is 47.7 Å². The van der Waals surface area contributed by atoms with Crippen molar-refractivity contribution in [2.24, 2.45) is 0 Å². The number of hydrogen-bond acceptors (Lipinski definition) is 5. The minimum atomic E-state index is -0.0362. The van der Waals surface area contributed by atoms with Crippen molar-refractivity contribution in [1.29, 1.82) is 0 Å². The van der Waals surface area contributed by atoms with Gasteiger partial charge in [0.25, 0.3) is 0 Å². The molecule has 0 amide bonds. The highest BCUT2D eigenvalue weighted by Gasteiger charge is 2.08. The number of hydrogen-bond donors (Lipinski definition) is 2. The summed E-state index contributed by atoms with van der Waals surface area (Å²) in [7, 11) is 3.47. The number of benzene rings is 1. The smallest absolute Gasteiger partial charge is 0.219 e. The summed E-state index contributed by atoms with van der Waals surface area (Å²) in [6, 6.07) is 9.32. The van der Waals surface area contributed by atoms with Gasteiger partial charge in [-0.15, -0.1) is 0 Å². The standard InChI is InChI=1S/C16H20N2O3/c1-11(17-2)13-5-7-16(18-9-13)21-14-6-4-12(10-19)8-15(14)20-3/h4-9,11,17,19H,10H2,1-3H3. The summed E-state index contributed by atoms with van der Waals surface area (Å²) in [5, 5.41) is 12.3. The van der Waals surface area contributed by atoms with Crippen LogP contribution in [0.3, 0.4) is 0 Å². The van der Waals surface area contributed by atoms with Crippen LogP contribution in [0.4, 0.5) is 0 Å². The number of ether oxygens (including phenoxy) is 2. The maximum atomic E-state index is 9.13. The molecule has 1 unspecified atom stereocenters. The summed E-state index contributed by atoms with van der Waals surface area (Å²) in [6.07, 6.45) is 1.78. The molecule has 1 atom stereocenters. The number of aliphatic hydroxyl groups is 1. The van der Waals surface area contributed by atoms with Crippen LogP contribution in [-0.4, -0.2) is 24.2 Å². The molecule has 5 nitrogen and oxygen atoms in total. The molecule has 2 N–H and O–H groups in total. The summed E-state index contributed by atoms with van der Waals surface area (Å²) in [5.74, 6) is 1.63. The lowest BCUT2D eigenvalue weighted by molar-refractivity contribution is 0.280. The first-order valence-corrected chi connectivity index (χ1v) is 6.76. The second-order valence-corrected chi connectivity index (χ2v) is 4.69. The van der Waals surface area contributed by atoms with Crippen LogP contribution in [0, 0.1) is 0 Å². The van der Waals surface area contributed by atoms with E-state index in [-0.39, 0.29) is 12.6 Å². The third-order valence-corrected chi connectivity index (χ3v) is 3.32. The molecule has 1 aromatic carbocycles. The number of nitrogens with one attached hydrogen (secondary N) is 1. The molecule has 1 heterocycles. The van der Waals surface area contributed by atoms with Gasteiger partial charge < -0.3 is 19.9 Å². The van der Waals surface area contributed by atoms with Gasteiger partial charge in [-0.2, -0.15) is 0 Å². The summed E-state index contributed by atoms with van der Waals surface area (Å²) < 4.78 is 11.0. The van der Waals surface area contributed by atoms with Crippen molar-refractivity contribution in [1.82, 2.24) is 10.3 Å². The Hall–Kier alpha value is -2.11. The molecule has 0 saturated carbocycles. The maximum Gasteiger partial charge on any atom is 0.219 e. The molecular weight excluding hydrogens is 268 g/mol. The average molecular weight is 288 g/mol. The third kappa shape index (κ3) is 3.71. The number of aromatic nitrogens is 1. The number of nitrogens with zero attached hydrogens (tertiary/aromatic N) is 1. The van der Waals surface area contributed by atoms with Crippen molar-refractivity contribution in [3.8, 4) is 17.4 Å². The largest absolute Gasteiger partial charge is 0.493 e. The highest BCUT2D eigenvalue weighted by Crippen LogP contribution is 2.31. The van der Waals surface area contributed by atoms with Gasteiger partial charge in [-0.25, -0.2) is 4.98 Å². The lowest BCUT2D eigenvalue weighted by Crippen LogP contribution is -2.12. The molecule has 5 heteroatoms. The lowest BCUT2D eigenvalue weighted by atomic mass is 10.1. The lowest BCUT2D eigenvalue weighted by Gasteiger charge is -2.12. The number of methoxy groups -OCH3 is 1. The van der Waals surface area contributed by atoms with E-state index in [1.807, 2.05) is 19.2 Å². The molecule has 2 aromatic rings. The van der Waals surface area contributed by atoms with E-state index in [4.69, 9.17) is 14.6 Å². The zero-order valence-corrected chi connectivity index (χ0v) is 12.5. The molecule has 0 aliphatic heterocycles. The predicted octanol–water partition coefficient (Wildman–Crippen LogP) is 2.66. The van der Waals surface area contributed by atoms with Crippen LogP contribution in [0.2, 0.25) is 0 Å². The fourth-order valence-corrected chi connectivity index (χ4v) is 1.88. The Labute approximate surface area is 124 Å². The van der Waals surface area contributed by atoms with E-state index in [0.29, 0.717) is 17.4 Å². The first kappa shape index (κ1) is 15.3. The van der Waals surface area contributed by atoms with E-state index in [0.717, 1.165) is 11.1 Å². The highest BCUT2D eigenvalue weighted by molar-refractivity contribution is 5.44. The Morgan fingerprint density at radius 3 is 2.62 bits per heavy atom. The monoisotopic (exact) mass is 288 g/mol. The van der Waals surface area contributed by atoms with Gasteiger partial charge >= 0.3 is 0 Å². The summed E-state index contributed by atoms with van der Waals surface area (Å²) in [6.45, 7) is 2.03. The maximum absolute atomic E-state index is 9.13. The highest BCUT2D eigenvalue weighted by atomic mass is 16.5. The molecular formula is C16H20N2O3. The Morgan fingerprint density at radius 1 is 1.24 bits per heavy atom. The van der Waals surface area contributed by atoms with E-state index in [2.05, 4.69) is 17.2 Å². The molecule has 2 rings (SSSR count). The van der Waals surface area contributed by atoms with Crippen molar-refractivity contribution in [2.45, 2.75) is 19.6 Å². The van der Waals surface area contributed by atoms with Crippen LogP contribution in [0.25, 0.3) is 0 Å². The van der Waals surface area contributed by atoms with Crippen LogP contribution in [0.1, 0.15) is 24.1 Å². The van der Waals surface area contributed by atoms with E-state index < -0.39 is 0 Å². The molecule has 21 heavy (non-hydrogen) atoms. The molecule has 0 aliphatic rings. The molecule has 0 saturated heterocycles. The van der Waals surface area contributed by atoms with E-state index >= 15 is 0 Å². The molecule has 0 bridgehead atoms. The Bertz CT molecular complexity index is 585. The van der Waals surface area contributed by atoms with Gasteiger partial charge in [0.15, 0.2) is 11.5 Å². The quantitative estimate of drug-likeness (QED) is 0.855. The summed E-state index contributed by atoms with van der Waals surface area (Å²) in [5.41, 5.74) is 1.86. The van der Waals surface area contributed by atoms with E-state index in [9.17, 15) is 0 Å². The first-order chi connectivity index (χ1) is 10.2. The van der Waals surface area contributed by atoms with E-state index in [1.54, 1.807) is 31.5 Å². The fraction of sp³-hybridized carbons (Fsp3) is 0.312. The number of aliphatic hydroxyl groups excluding tert-OH is 1. The average Bonchev–Trinajstić information content (AvgIpc) is 2.55. The van der Waals surface area contributed by atoms with Crippen LogP contribution in [0.5, 0.6) is 17.4 Å². The van der Waals surface area contributed by atoms with E-state index in [1.165, 1.54) is 0 Å². The van der Waals surface area contributed by atoms with Gasteiger partial charge in [-0.1, -0.05) is 12.1 Å². The van der Waals surface area contributed by atoms with Gasteiger partial charge in [-0.3, -0.25) is 0 Å². The topological polar surface area (TPSA) is 63.6 Å². The van der Waals surface area contributed by atoms with Crippen molar-refractivity contribution >= 4 is 0 Å². The first-order valence-electron chi connectivity index (χ1n) is 6.76. The van der Waals surface area contributed by atoms with Gasteiger partial charge in [0, 0.05) is 18.3 Å². The SMILES string of the molecule is CNC(C)c1ccc(Oc2ccc(CO)cc2OC)nc1.